The summed E-state index contributed by atoms with van der Waals surface area (Å²) in [6.07, 6.45) is -0.538. The highest BCUT2D eigenvalue weighted by atomic mass is 16.6. The van der Waals surface area contributed by atoms with Gasteiger partial charge in [0.25, 0.3) is 0 Å². The Morgan fingerprint density at radius 2 is 2.20 bits per heavy atom. The van der Waals surface area contributed by atoms with E-state index in [1.54, 1.807) is 0 Å². The molecule has 9 nitrogen and oxygen atoms in total. The average Bonchev–Trinajstić information content (AvgIpc) is 2.37. The maximum atomic E-state index is 11.6. The van der Waals surface area contributed by atoms with Crippen LogP contribution in [0.3, 0.4) is 0 Å². The molecule has 0 bridgehead atoms. The Hall–Kier alpha value is -2.68. The van der Waals surface area contributed by atoms with Gasteiger partial charge in [-0.3, -0.25) is 19.7 Å². The summed E-state index contributed by atoms with van der Waals surface area (Å²) in [7, 11) is 1.28. The molecule has 0 radical (unpaired) electrons. The molecule has 1 unspecified atom stereocenters. The van der Waals surface area contributed by atoms with Crippen molar-refractivity contribution in [2.45, 2.75) is 12.5 Å². The molecule has 1 atom stereocenters. The van der Waals surface area contributed by atoms with E-state index < -0.39 is 29.3 Å². The van der Waals surface area contributed by atoms with Gasteiger partial charge in [-0.1, -0.05) is 0 Å². The largest absolute Gasteiger partial charge is 0.490 e. The van der Waals surface area contributed by atoms with Crippen molar-refractivity contribution in [3.8, 4) is 5.75 Å². The number of nitro groups is 1. The van der Waals surface area contributed by atoms with Gasteiger partial charge in [0, 0.05) is 11.8 Å². The molecule has 0 saturated carbocycles. The second kappa shape index (κ2) is 6.48. The zero-order valence-electron chi connectivity index (χ0n) is 10.5. The van der Waals surface area contributed by atoms with Crippen molar-refractivity contribution in [1.29, 1.82) is 0 Å². The van der Waals surface area contributed by atoms with Crippen LogP contribution in [0.2, 0.25) is 0 Å². The van der Waals surface area contributed by atoms with Gasteiger partial charge in [0.15, 0.2) is 5.75 Å². The maximum Gasteiger partial charge on any atom is 0.312 e. The number of anilines is 1. The number of rotatable bonds is 6. The zero-order chi connectivity index (χ0) is 15.3. The van der Waals surface area contributed by atoms with Crippen molar-refractivity contribution in [2.75, 3.05) is 12.4 Å². The van der Waals surface area contributed by atoms with E-state index in [1.807, 2.05) is 0 Å². The number of nitro benzene ring substituents is 1. The molecule has 0 aliphatic heterocycles. The van der Waals surface area contributed by atoms with Crippen LogP contribution in [0.15, 0.2) is 18.2 Å². The van der Waals surface area contributed by atoms with E-state index in [4.69, 9.17) is 15.6 Å². The first-order chi connectivity index (χ1) is 9.35. The second-order valence-electron chi connectivity index (χ2n) is 3.84. The molecule has 1 aromatic carbocycles. The van der Waals surface area contributed by atoms with Crippen LogP contribution in [0.25, 0.3) is 0 Å². The number of benzene rings is 1. The monoisotopic (exact) mass is 283 g/mol. The summed E-state index contributed by atoms with van der Waals surface area (Å²) in [5.41, 5.74) is 5.17. The van der Waals surface area contributed by atoms with Gasteiger partial charge in [-0.15, -0.1) is 0 Å². The predicted molar refractivity (Wildman–Crippen MR) is 68.5 cm³/mol. The fourth-order valence-corrected chi connectivity index (χ4v) is 1.43. The molecule has 0 aliphatic carbocycles. The van der Waals surface area contributed by atoms with Gasteiger partial charge in [0.2, 0.25) is 5.91 Å². The van der Waals surface area contributed by atoms with Crippen LogP contribution < -0.4 is 15.8 Å². The lowest BCUT2D eigenvalue weighted by molar-refractivity contribution is -0.385. The number of nitrogens with two attached hydrogens (primary N) is 1. The number of aliphatic carboxylic acids is 1. The van der Waals surface area contributed by atoms with Crippen LogP contribution in [0.1, 0.15) is 6.42 Å². The average molecular weight is 283 g/mol. The SMILES string of the molecule is COc1ccc(NC(=O)C(N)CC(=O)O)cc1[N+](=O)[O-]. The maximum absolute atomic E-state index is 11.6. The van der Waals surface area contributed by atoms with Crippen molar-refractivity contribution in [1.82, 2.24) is 0 Å². The molecule has 0 aliphatic rings. The molecule has 20 heavy (non-hydrogen) atoms. The van der Waals surface area contributed by atoms with Gasteiger partial charge in [0.05, 0.1) is 24.5 Å². The van der Waals surface area contributed by atoms with E-state index in [9.17, 15) is 19.7 Å². The minimum absolute atomic E-state index is 0.0443. The number of hydrogen-bond donors (Lipinski definition) is 3. The molecule has 4 N–H and O–H groups in total. The van der Waals surface area contributed by atoms with Gasteiger partial charge < -0.3 is 20.9 Å². The molecule has 9 heteroatoms. The van der Waals surface area contributed by atoms with E-state index in [0.29, 0.717) is 0 Å². The van der Waals surface area contributed by atoms with Crippen molar-refractivity contribution < 1.29 is 24.4 Å². The normalized spacial score (nSPS) is 11.5. The number of carbonyl (C=O) groups is 2. The summed E-state index contributed by atoms with van der Waals surface area (Å²) in [5, 5.41) is 21.6. The fraction of sp³-hybridized carbons (Fsp3) is 0.273. The summed E-state index contributed by atoms with van der Waals surface area (Å²) >= 11 is 0. The quantitative estimate of drug-likeness (QED) is 0.504. The highest BCUT2D eigenvalue weighted by Crippen LogP contribution is 2.29. The molecule has 0 saturated heterocycles. The number of amides is 1. The summed E-state index contributed by atoms with van der Waals surface area (Å²) < 4.78 is 4.81. The number of ether oxygens (including phenoxy) is 1. The number of carbonyl (C=O) groups excluding carboxylic acids is 1. The Morgan fingerprint density at radius 1 is 1.55 bits per heavy atom. The summed E-state index contributed by atoms with van der Waals surface area (Å²) in [5.74, 6) is -1.91. The highest BCUT2D eigenvalue weighted by molar-refractivity contribution is 5.97. The Labute approximate surface area is 113 Å². The van der Waals surface area contributed by atoms with Crippen LogP contribution in [-0.4, -0.2) is 35.1 Å². The number of hydrogen-bond acceptors (Lipinski definition) is 6. The fourth-order valence-electron chi connectivity index (χ4n) is 1.43. The van der Waals surface area contributed by atoms with E-state index >= 15 is 0 Å². The molecule has 0 fully saturated rings. The zero-order valence-corrected chi connectivity index (χ0v) is 10.5. The Morgan fingerprint density at radius 3 is 2.70 bits per heavy atom. The molecule has 0 aromatic heterocycles. The molecular formula is C11H13N3O6. The number of carboxylic acid groups (broad SMARTS) is 1. The van der Waals surface area contributed by atoms with Gasteiger partial charge in [-0.2, -0.15) is 0 Å². The third-order valence-electron chi connectivity index (χ3n) is 2.37. The topological polar surface area (TPSA) is 145 Å². The van der Waals surface area contributed by atoms with E-state index in [2.05, 4.69) is 5.32 Å². The Balaban J connectivity index is 2.88. The number of nitrogens with one attached hydrogen (secondary N) is 1. The molecule has 1 amide bonds. The first-order valence-corrected chi connectivity index (χ1v) is 5.45. The van der Waals surface area contributed by atoms with E-state index in [1.165, 1.54) is 19.2 Å². The van der Waals surface area contributed by atoms with Crippen LogP contribution in [0.4, 0.5) is 11.4 Å². The lowest BCUT2D eigenvalue weighted by Gasteiger charge is -2.10. The molecule has 1 rings (SSSR count). The third-order valence-corrected chi connectivity index (χ3v) is 2.37. The van der Waals surface area contributed by atoms with E-state index in [-0.39, 0.29) is 17.1 Å². The van der Waals surface area contributed by atoms with Gasteiger partial charge >= 0.3 is 11.7 Å². The van der Waals surface area contributed by atoms with Crippen LogP contribution in [0, 0.1) is 10.1 Å². The lowest BCUT2D eigenvalue weighted by Crippen LogP contribution is -2.37. The Kier molecular flexibility index (Phi) is 4.98. The molecule has 0 spiro atoms. The smallest absolute Gasteiger partial charge is 0.312 e. The van der Waals surface area contributed by atoms with Crippen molar-refractivity contribution in [3.05, 3.63) is 28.3 Å². The standard InChI is InChI=1S/C11H13N3O6/c1-20-9-3-2-6(4-8(9)14(18)19)13-11(17)7(12)5-10(15)16/h2-4,7H,5,12H2,1H3,(H,13,17)(H,15,16). The second-order valence-corrected chi connectivity index (χ2v) is 3.84. The van der Waals surface area contributed by atoms with Gasteiger partial charge in [-0.25, -0.2) is 0 Å². The lowest BCUT2D eigenvalue weighted by atomic mass is 10.2. The van der Waals surface area contributed by atoms with Gasteiger partial charge in [0.1, 0.15) is 0 Å². The first kappa shape index (κ1) is 15.4. The summed E-state index contributed by atoms with van der Waals surface area (Å²) in [6, 6.07) is 2.56. The van der Waals surface area contributed by atoms with Crippen LogP contribution >= 0.6 is 0 Å². The Bertz CT molecular complexity index is 545. The third kappa shape index (κ3) is 3.92. The number of nitrogens with zero attached hydrogens (tertiary/aromatic N) is 1. The van der Waals surface area contributed by atoms with Crippen molar-refractivity contribution in [2.24, 2.45) is 5.73 Å². The first-order valence-electron chi connectivity index (χ1n) is 5.45. The summed E-state index contributed by atoms with van der Waals surface area (Å²) in [6.45, 7) is 0. The van der Waals surface area contributed by atoms with Gasteiger partial charge in [-0.05, 0) is 12.1 Å². The minimum Gasteiger partial charge on any atom is -0.490 e. The van der Waals surface area contributed by atoms with Crippen LogP contribution in [-0.2, 0) is 9.59 Å². The van der Waals surface area contributed by atoms with E-state index in [0.717, 1.165) is 6.07 Å². The molecule has 0 heterocycles. The van der Waals surface area contributed by atoms with Crippen molar-refractivity contribution in [3.63, 3.8) is 0 Å². The van der Waals surface area contributed by atoms with Crippen molar-refractivity contribution >= 4 is 23.3 Å². The summed E-state index contributed by atoms with van der Waals surface area (Å²) in [4.78, 5) is 32.2. The highest BCUT2D eigenvalue weighted by Gasteiger charge is 2.20. The number of carboxylic acids is 1. The molecule has 108 valence electrons. The molecule has 1 aromatic rings. The minimum atomic E-state index is -1.24. The molecular weight excluding hydrogens is 270 g/mol. The number of methoxy groups -OCH3 is 1. The van der Waals surface area contributed by atoms with Crippen LogP contribution in [0.5, 0.6) is 5.75 Å². The predicted octanol–water partition coefficient (Wildman–Crippen LogP) is 0.344.